The fraction of sp³-hybridized carbons (Fsp3) is 0.348. The summed E-state index contributed by atoms with van der Waals surface area (Å²) in [6.45, 7) is 17.0. The van der Waals surface area contributed by atoms with Crippen molar-refractivity contribution >= 4 is 17.1 Å². The van der Waals surface area contributed by atoms with Crippen molar-refractivity contribution in [3.05, 3.63) is 69.4 Å². The Morgan fingerprint density at radius 3 is 1.68 bits per heavy atom. The van der Waals surface area contributed by atoms with Gasteiger partial charge in [-0.15, -0.1) is 0 Å². The zero-order chi connectivity index (χ0) is 18.7. The second-order valence-corrected chi connectivity index (χ2v) is 7.23. The standard InChI is InChI=1S/C23H30N2/c1-14-9-16(3)22(17(4)10-14)24-20(7)13-21(8)25-23-18(5)11-15(2)12-19(23)6/h9-13,24H,1-8H3/b20-13-,25-21+. The zero-order valence-electron chi connectivity index (χ0n) is 16.8. The molecule has 2 aromatic carbocycles. The van der Waals surface area contributed by atoms with Crippen LogP contribution >= 0.6 is 0 Å². The number of hydrogen-bond acceptors (Lipinski definition) is 2. The third-order valence-electron chi connectivity index (χ3n) is 4.35. The minimum absolute atomic E-state index is 1.00. The molecule has 0 aliphatic rings. The Balaban J connectivity index is 2.28. The Hall–Kier alpha value is -2.35. The van der Waals surface area contributed by atoms with Gasteiger partial charge in [0.2, 0.25) is 0 Å². The van der Waals surface area contributed by atoms with Crippen LogP contribution in [0.4, 0.5) is 11.4 Å². The maximum Gasteiger partial charge on any atom is 0.0691 e. The van der Waals surface area contributed by atoms with E-state index in [0.29, 0.717) is 0 Å². The number of aliphatic imine (C=N–C) groups is 1. The lowest BCUT2D eigenvalue weighted by atomic mass is 10.0. The summed E-state index contributed by atoms with van der Waals surface area (Å²) < 4.78 is 0. The van der Waals surface area contributed by atoms with E-state index >= 15 is 0 Å². The largest absolute Gasteiger partial charge is 0.359 e. The number of hydrogen-bond donors (Lipinski definition) is 1. The molecule has 2 nitrogen and oxygen atoms in total. The predicted molar refractivity (Wildman–Crippen MR) is 111 cm³/mol. The van der Waals surface area contributed by atoms with E-state index < -0.39 is 0 Å². The quantitative estimate of drug-likeness (QED) is 0.622. The van der Waals surface area contributed by atoms with Gasteiger partial charge in [-0.1, -0.05) is 35.4 Å². The third kappa shape index (κ3) is 4.82. The first-order valence-electron chi connectivity index (χ1n) is 8.83. The van der Waals surface area contributed by atoms with Gasteiger partial charge in [-0.05, 0) is 83.7 Å². The Morgan fingerprint density at radius 2 is 1.20 bits per heavy atom. The molecule has 0 spiro atoms. The number of nitrogens with zero attached hydrogens (tertiary/aromatic N) is 1. The van der Waals surface area contributed by atoms with E-state index in [-0.39, 0.29) is 0 Å². The highest BCUT2D eigenvalue weighted by Crippen LogP contribution is 2.26. The molecule has 0 aliphatic heterocycles. The average Bonchev–Trinajstić information content (AvgIpc) is 2.46. The van der Waals surface area contributed by atoms with Gasteiger partial charge in [0.05, 0.1) is 5.69 Å². The summed E-state index contributed by atoms with van der Waals surface area (Å²) in [5, 5.41) is 3.54. The number of anilines is 1. The fourth-order valence-corrected chi connectivity index (χ4v) is 3.48. The number of aryl methyl sites for hydroxylation is 6. The first-order chi connectivity index (χ1) is 11.7. The summed E-state index contributed by atoms with van der Waals surface area (Å²) in [5.41, 5.74) is 11.9. The van der Waals surface area contributed by atoms with Gasteiger partial charge in [0.1, 0.15) is 0 Å². The predicted octanol–water partition coefficient (Wildman–Crippen LogP) is 6.65. The van der Waals surface area contributed by atoms with Crippen LogP contribution in [0.2, 0.25) is 0 Å². The van der Waals surface area contributed by atoms with Crippen molar-refractivity contribution in [2.75, 3.05) is 5.32 Å². The fourth-order valence-electron chi connectivity index (χ4n) is 3.48. The molecule has 132 valence electrons. The zero-order valence-corrected chi connectivity index (χ0v) is 16.8. The third-order valence-corrected chi connectivity index (χ3v) is 4.35. The molecule has 0 fully saturated rings. The highest BCUT2D eigenvalue weighted by Gasteiger charge is 2.05. The van der Waals surface area contributed by atoms with E-state index in [2.05, 4.69) is 91.0 Å². The molecule has 0 atom stereocenters. The normalized spacial score (nSPS) is 12.5. The Bertz CT molecular complexity index is 808. The summed E-state index contributed by atoms with van der Waals surface area (Å²) in [6.07, 6.45) is 2.11. The average molecular weight is 335 g/mol. The summed E-state index contributed by atoms with van der Waals surface area (Å²) in [4.78, 5) is 4.84. The number of nitrogens with one attached hydrogen (secondary N) is 1. The molecule has 0 unspecified atom stereocenters. The van der Waals surface area contributed by atoms with Crippen LogP contribution in [0.5, 0.6) is 0 Å². The molecule has 0 bridgehead atoms. The number of rotatable bonds is 4. The van der Waals surface area contributed by atoms with Crippen molar-refractivity contribution in [1.82, 2.24) is 0 Å². The number of benzene rings is 2. The maximum atomic E-state index is 4.84. The van der Waals surface area contributed by atoms with Crippen molar-refractivity contribution < 1.29 is 0 Å². The SMILES string of the molecule is C/C(=C/C(C)=N/c1c(C)cc(C)cc1C)Nc1c(C)cc(C)cc1C. The highest BCUT2D eigenvalue weighted by atomic mass is 14.9. The van der Waals surface area contributed by atoms with Gasteiger partial charge in [-0.25, -0.2) is 0 Å². The van der Waals surface area contributed by atoms with Gasteiger partial charge in [0, 0.05) is 17.1 Å². The van der Waals surface area contributed by atoms with Gasteiger partial charge < -0.3 is 5.32 Å². The van der Waals surface area contributed by atoms with E-state index in [1.807, 2.05) is 0 Å². The lowest BCUT2D eigenvalue weighted by molar-refractivity contribution is 1.27. The topological polar surface area (TPSA) is 24.4 Å². The summed E-state index contributed by atoms with van der Waals surface area (Å²) in [7, 11) is 0. The van der Waals surface area contributed by atoms with Crippen molar-refractivity contribution in [1.29, 1.82) is 0 Å². The van der Waals surface area contributed by atoms with Crippen LogP contribution in [0.1, 0.15) is 47.2 Å². The molecule has 0 aliphatic carbocycles. The number of allylic oxidation sites excluding steroid dienone is 2. The summed E-state index contributed by atoms with van der Waals surface area (Å²) >= 11 is 0. The molecule has 0 saturated heterocycles. The van der Waals surface area contributed by atoms with Gasteiger partial charge >= 0.3 is 0 Å². The van der Waals surface area contributed by atoms with E-state index in [4.69, 9.17) is 4.99 Å². The molecule has 0 heterocycles. The van der Waals surface area contributed by atoms with E-state index in [9.17, 15) is 0 Å². The first-order valence-corrected chi connectivity index (χ1v) is 8.83. The highest BCUT2D eigenvalue weighted by molar-refractivity contribution is 5.96. The van der Waals surface area contributed by atoms with E-state index in [1.54, 1.807) is 0 Å². The van der Waals surface area contributed by atoms with Gasteiger partial charge in [0.25, 0.3) is 0 Å². The van der Waals surface area contributed by atoms with E-state index in [1.165, 1.54) is 39.1 Å². The summed E-state index contributed by atoms with van der Waals surface area (Å²) in [6, 6.07) is 8.80. The van der Waals surface area contributed by atoms with Crippen LogP contribution in [0, 0.1) is 41.5 Å². The van der Waals surface area contributed by atoms with E-state index in [0.717, 1.165) is 17.1 Å². The van der Waals surface area contributed by atoms with Crippen LogP contribution in [0.15, 0.2) is 41.0 Å². The molecule has 0 saturated carbocycles. The van der Waals surface area contributed by atoms with Crippen LogP contribution in [0.25, 0.3) is 0 Å². The van der Waals surface area contributed by atoms with Gasteiger partial charge in [0.15, 0.2) is 0 Å². The molecule has 0 amide bonds. The van der Waals surface area contributed by atoms with Gasteiger partial charge in [-0.2, -0.15) is 0 Å². The molecule has 2 heteroatoms. The van der Waals surface area contributed by atoms with Crippen LogP contribution < -0.4 is 5.32 Å². The van der Waals surface area contributed by atoms with Crippen molar-refractivity contribution in [2.24, 2.45) is 4.99 Å². The second kappa shape index (κ2) is 7.69. The molecular weight excluding hydrogens is 304 g/mol. The molecular formula is C23H30N2. The maximum absolute atomic E-state index is 4.84. The van der Waals surface area contributed by atoms with Crippen LogP contribution in [0.3, 0.4) is 0 Å². The Kier molecular flexibility index (Phi) is 5.84. The van der Waals surface area contributed by atoms with Gasteiger partial charge in [-0.3, -0.25) is 4.99 Å². The smallest absolute Gasteiger partial charge is 0.0691 e. The minimum Gasteiger partial charge on any atom is -0.359 e. The Morgan fingerprint density at radius 1 is 0.760 bits per heavy atom. The van der Waals surface area contributed by atoms with Crippen molar-refractivity contribution in [3.63, 3.8) is 0 Å². The summed E-state index contributed by atoms with van der Waals surface area (Å²) in [5.74, 6) is 0. The minimum atomic E-state index is 1.00. The second-order valence-electron chi connectivity index (χ2n) is 7.23. The molecule has 2 rings (SSSR count). The lowest BCUT2D eigenvalue weighted by Gasteiger charge is -2.14. The van der Waals surface area contributed by atoms with Crippen LogP contribution in [-0.4, -0.2) is 5.71 Å². The lowest BCUT2D eigenvalue weighted by Crippen LogP contribution is -2.02. The molecule has 1 N–H and O–H groups in total. The Labute approximate surface area is 152 Å². The van der Waals surface area contributed by atoms with Crippen molar-refractivity contribution in [3.8, 4) is 0 Å². The molecule has 2 aromatic rings. The van der Waals surface area contributed by atoms with Crippen LogP contribution in [-0.2, 0) is 0 Å². The molecule has 0 aromatic heterocycles. The molecule has 25 heavy (non-hydrogen) atoms. The van der Waals surface area contributed by atoms with Crippen molar-refractivity contribution in [2.45, 2.75) is 55.4 Å². The first kappa shape index (κ1) is 19.0. The molecule has 0 radical (unpaired) electrons. The monoisotopic (exact) mass is 334 g/mol.